The monoisotopic (exact) mass is 224 g/mol. The molecule has 0 atom stereocenters. The zero-order valence-electron chi connectivity index (χ0n) is 7.91. The highest BCUT2D eigenvalue weighted by atomic mass is 19.4. The van der Waals surface area contributed by atoms with Crippen LogP contribution in [-0.4, -0.2) is 12.1 Å². The molecule has 0 spiro atoms. The molecule has 0 aliphatic rings. The molecule has 0 N–H and O–H groups in total. The van der Waals surface area contributed by atoms with Gasteiger partial charge in [-0.3, -0.25) is 0 Å². The molecule has 0 heterocycles. The molecule has 1 aromatic carbocycles. The minimum absolute atomic E-state index is 0.0137. The third-order valence-corrected chi connectivity index (χ3v) is 2.09. The van der Waals surface area contributed by atoms with Crippen LogP contribution in [0.15, 0.2) is 24.3 Å². The normalized spacial score (nSPS) is 12.9. The first kappa shape index (κ1) is 11.9. The predicted molar refractivity (Wildman–Crippen MR) is 45.9 cm³/mol. The summed E-state index contributed by atoms with van der Waals surface area (Å²) in [6.07, 6.45) is -6.79. The summed E-state index contributed by atoms with van der Waals surface area (Å²) in [7, 11) is 0. The maximum absolute atomic E-state index is 12.7. The van der Waals surface area contributed by atoms with Gasteiger partial charge in [0.1, 0.15) is 0 Å². The average Bonchev–Trinajstić information content (AvgIpc) is 2.06. The smallest absolute Gasteiger partial charge is 0.196 e. The fourth-order valence-corrected chi connectivity index (χ4v) is 1.15. The zero-order valence-corrected chi connectivity index (χ0v) is 7.91. The summed E-state index contributed by atoms with van der Waals surface area (Å²) < 4.78 is 61.0. The van der Waals surface area contributed by atoms with E-state index in [-0.39, 0.29) is 5.56 Å². The van der Waals surface area contributed by atoms with Gasteiger partial charge in [0.25, 0.3) is 0 Å². The second kappa shape index (κ2) is 3.79. The lowest BCUT2D eigenvalue weighted by Gasteiger charge is -2.20. The Kier molecular flexibility index (Phi) is 3.02. The summed E-state index contributed by atoms with van der Waals surface area (Å²) in [5, 5.41) is 0. The fourth-order valence-electron chi connectivity index (χ4n) is 1.15. The molecule has 1 rings (SSSR count). The van der Waals surface area contributed by atoms with Crippen LogP contribution in [0.25, 0.3) is 0 Å². The van der Waals surface area contributed by atoms with Gasteiger partial charge < -0.3 is 0 Å². The molecule has 0 amide bonds. The summed E-state index contributed by atoms with van der Waals surface area (Å²) in [5.74, 6) is -4.67. The first-order chi connectivity index (χ1) is 6.74. The van der Waals surface area contributed by atoms with Gasteiger partial charge in [-0.2, -0.15) is 22.0 Å². The van der Waals surface area contributed by atoms with E-state index < -0.39 is 18.5 Å². The first-order valence-corrected chi connectivity index (χ1v) is 4.23. The van der Waals surface area contributed by atoms with Gasteiger partial charge in [-0.25, -0.2) is 0 Å². The number of benzene rings is 1. The number of hydrogen-bond acceptors (Lipinski definition) is 0. The number of halogens is 5. The Balaban J connectivity index is 2.92. The maximum atomic E-state index is 12.7. The Bertz CT molecular complexity index is 340. The number of aryl methyl sites for hydroxylation is 1. The van der Waals surface area contributed by atoms with E-state index in [2.05, 4.69) is 0 Å². The van der Waals surface area contributed by atoms with Crippen LogP contribution in [-0.2, 0) is 6.42 Å². The molecule has 84 valence electrons. The van der Waals surface area contributed by atoms with Crippen molar-refractivity contribution in [2.75, 3.05) is 0 Å². The van der Waals surface area contributed by atoms with Crippen LogP contribution in [0.5, 0.6) is 0 Å². The standard InChI is InChI=1S/C10H9F5/c1-7-4-2-3-5-8(7)6-9(11,12)10(13,14)15/h2-5H,6H2,1H3. The third kappa shape index (κ3) is 2.67. The minimum Gasteiger partial charge on any atom is -0.196 e. The van der Waals surface area contributed by atoms with Crippen molar-refractivity contribution in [3.05, 3.63) is 35.4 Å². The fraction of sp³-hybridized carbons (Fsp3) is 0.400. The van der Waals surface area contributed by atoms with Crippen LogP contribution in [0.2, 0.25) is 0 Å². The lowest BCUT2D eigenvalue weighted by atomic mass is 10.0. The topological polar surface area (TPSA) is 0 Å². The van der Waals surface area contributed by atoms with E-state index in [1.165, 1.54) is 25.1 Å². The van der Waals surface area contributed by atoms with Crippen LogP contribution in [0.3, 0.4) is 0 Å². The molecule has 0 unspecified atom stereocenters. The maximum Gasteiger partial charge on any atom is 0.453 e. The molecule has 0 saturated heterocycles. The quantitative estimate of drug-likeness (QED) is 0.671. The summed E-state index contributed by atoms with van der Waals surface area (Å²) in [5.41, 5.74) is 0.446. The molecule has 0 aliphatic carbocycles. The molecule has 0 bridgehead atoms. The van der Waals surface area contributed by atoms with Gasteiger partial charge in [0.05, 0.1) is 0 Å². The molecule has 0 nitrogen and oxygen atoms in total. The van der Waals surface area contributed by atoms with Gasteiger partial charge in [0, 0.05) is 6.42 Å². The van der Waals surface area contributed by atoms with E-state index in [0.29, 0.717) is 5.56 Å². The summed E-state index contributed by atoms with van der Waals surface area (Å²) in [6.45, 7) is 1.50. The van der Waals surface area contributed by atoms with E-state index in [0.717, 1.165) is 0 Å². The van der Waals surface area contributed by atoms with Crippen molar-refractivity contribution in [1.29, 1.82) is 0 Å². The van der Waals surface area contributed by atoms with Crippen LogP contribution in [0.1, 0.15) is 11.1 Å². The van der Waals surface area contributed by atoms with Crippen LogP contribution in [0.4, 0.5) is 22.0 Å². The van der Waals surface area contributed by atoms with Crippen molar-refractivity contribution in [2.24, 2.45) is 0 Å². The van der Waals surface area contributed by atoms with E-state index in [4.69, 9.17) is 0 Å². The Morgan fingerprint density at radius 3 is 2.00 bits per heavy atom. The molecule has 15 heavy (non-hydrogen) atoms. The van der Waals surface area contributed by atoms with E-state index in [1.54, 1.807) is 6.07 Å². The Labute approximate surface area is 83.7 Å². The second-order valence-corrected chi connectivity index (χ2v) is 3.31. The van der Waals surface area contributed by atoms with Gasteiger partial charge in [-0.1, -0.05) is 24.3 Å². The summed E-state index contributed by atoms with van der Waals surface area (Å²) >= 11 is 0. The van der Waals surface area contributed by atoms with Crippen molar-refractivity contribution >= 4 is 0 Å². The third-order valence-electron chi connectivity index (χ3n) is 2.09. The predicted octanol–water partition coefficient (Wildman–Crippen LogP) is 3.74. The minimum atomic E-state index is -5.49. The van der Waals surface area contributed by atoms with Crippen molar-refractivity contribution < 1.29 is 22.0 Å². The van der Waals surface area contributed by atoms with Gasteiger partial charge in [-0.05, 0) is 18.1 Å². The van der Waals surface area contributed by atoms with Crippen molar-refractivity contribution in [1.82, 2.24) is 0 Å². The number of rotatable bonds is 2. The largest absolute Gasteiger partial charge is 0.453 e. The van der Waals surface area contributed by atoms with Gasteiger partial charge in [-0.15, -0.1) is 0 Å². The highest BCUT2D eigenvalue weighted by Gasteiger charge is 2.57. The highest BCUT2D eigenvalue weighted by molar-refractivity contribution is 5.26. The Morgan fingerprint density at radius 1 is 1.00 bits per heavy atom. The SMILES string of the molecule is Cc1ccccc1CC(F)(F)C(F)(F)F. The number of alkyl halides is 5. The lowest BCUT2D eigenvalue weighted by Crippen LogP contribution is -2.38. The molecule has 0 aliphatic heterocycles. The first-order valence-electron chi connectivity index (χ1n) is 4.23. The molecule has 0 saturated carbocycles. The molecular formula is C10H9F5. The molecule has 1 aromatic rings. The molecule has 0 aromatic heterocycles. The van der Waals surface area contributed by atoms with Crippen molar-refractivity contribution in [3.8, 4) is 0 Å². The highest BCUT2D eigenvalue weighted by Crippen LogP contribution is 2.38. The zero-order chi connectivity index (χ0) is 11.7. The van der Waals surface area contributed by atoms with Gasteiger partial charge in [0.2, 0.25) is 0 Å². The van der Waals surface area contributed by atoms with Gasteiger partial charge >= 0.3 is 12.1 Å². The van der Waals surface area contributed by atoms with E-state index in [1.807, 2.05) is 0 Å². The molecule has 5 heteroatoms. The number of hydrogen-bond donors (Lipinski definition) is 0. The van der Waals surface area contributed by atoms with E-state index >= 15 is 0 Å². The molecular weight excluding hydrogens is 215 g/mol. The van der Waals surface area contributed by atoms with Crippen LogP contribution in [0, 0.1) is 6.92 Å². The second-order valence-electron chi connectivity index (χ2n) is 3.31. The van der Waals surface area contributed by atoms with Crippen LogP contribution >= 0.6 is 0 Å². The Hall–Kier alpha value is -1.13. The summed E-state index contributed by atoms with van der Waals surface area (Å²) in [4.78, 5) is 0. The van der Waals surface area contributed by atoms with E-state index in [9.17, 15) is 22.0 Å². The molecule has 0 radical (unpaired) electrons. The lowest BCUT2D eigenvalue weighted by molar-refractivity contribution is -0.281. The van der Waals surface area contributed by atoms with Crippen molar-refractivity contribution in [2.45, 2.75) is 25.4 Å². The average molecular weight is 224 g/mol. The summed E-state index contributed by atoms with van der Waals surface area (Å²) in [6, 6.07) is 5.80. The van der Waals surface area contributed by atoms with Crippen LogP contribution < -0.4 is 0 Å². The van der Waals surface area contributed by atoms with Crippen molar-refractivity contribution in [3.63, 3.8) is 0 Å². The van der Waals surface area contributed by atoms with Gasteiger partial charge in [0.15, 0.2) is 0 Å². The Morgan fingerprint density at radius 2 is 1.53 bits per heavy atom. The molecule has 0 fully saturated rings.